The molecule has 8 nitrogen and oxygen atoms in total. The quantitative estimate of drug-likeness (QED) is 0.460. The first-order valence-corrected chi connectivity index (χ1v) is 7.88. The van der Waals surface area contributed by atoms with Crippen LogP contribution in [0.1, 0.15) is 21.5 Å². The van der Waals surface area contributed by atoms with E-state index in [0.717, 1.165) is 5.56 Å². The fourth-order valence-corrected chi connectivity index (χ4v) is 2.63. The maximum absolute atomic E-state index is 12.4. The molecular weight excluding hydrogens is 342 g/mol. The molecule has 0 fully saturated rings. The van der Waals surface area contributed by atoms with E-state index in [2.05, 4.69) is 0 Å². The molecule has 1 aliphatic rings. The highest BCUT2D eigenvalue weighted by Crippen LogP contribution is 2.37. The van der Waals surface area contributed by atoms with E-state index < -0.39 is 16.6 Å². The van der Waals surface area contributed by atoms with Gasteiger partial charge in [-0.05, 0) is 19.1 Å². The molecule has 26 heavy (non-hydrogen) atoms. The van der Waals surface area contributed by atoms with E-state index in [9.17, 15) is 14.9 Å². The van der Waals surface area contributed by atoms with Gasteiger partial charge in [-0.15, -0.1) is 0 Å². The largest absolute Gasteiger partial charge is 0.496 e. The zero-order valence-electron chi connectivity index (χ0n) is 14.3. The zero-order chi connectivity index (χ0) is 18.7. The van der Waals surface area contributed by atoms with Gasteiger partial charge in [0.15, 0.2) is 11.5 Å². The van der Waals surface area contributed by atoms with Crippen LogP contribution >= 0.6 is 0 Å². The average molecular weight is 359 g/mol. The standard InChI is InChI=1S/C18H17NO7/c1-11-3-4-15(23-2)12(7-11)10-26-18(20)13-8-16-17(25-6-5-24-16)9-14(13)19(21)22/h3-4,7-9H,5-6,10H2,1-2H3. The van der Waals surface area contributed by atoms with Gasteiger partial charge in [0.25, 0.3) is 5.69 Å². The van der Waals surface area contributed by atoms with Crippen molar-refractivity contribution in [2.45, 2.75) is 13.5 Å². The van der Waals surface area contributed by atoms with Crippen LogP contribution in [0.2, 0.25) is 0 Å². The fraction of sp³-hybridized carbons (Fsp3) is 0.278. The van der Waals surface area contributed by atoms with Crippen LogP contribution in [0.4, 0.5) is 5.69 Å². The molecule has 0 saturated carbocycles. The number of fused-ring (bicyclic) bond motifs is 1. The van der Waals surface area contributed by atoms with Gasteiger partial charge in [0.2, 0.25) is 0 Å². The van der Waals surface area contributed by atoms with Crippen LogP contribution in [0, 0.1) is 17.0 Å². The third-order valence-electron chi connectivity index (χ3n) is 3.87. The number of esters is 1. The monoisotopic (exact) mass is 359 g/mol. The molecular formula is C18H17NO7. The Morgan fingerprint density at radius 3 is 2.54 bits per heavy atom. The molecule has 3 rings (SSSR count). The van der Waals surface area contributed by atoms with Gasteiger partial charge in [-0.2, -0.15) is 0 Å². The summed E-state index contributed by atoms with van der Waals surface area (Å²) in [5.41, 5.74) is 1.06. The van der Waals surface area contributed by atoms with Crippen molar-refractivity contribution in [2.24, 2.45) is 0 Å². The summed E-state index contributed by atoms with van der Waals surface area (Å²) in [6.07, 6.45) is 0. The van der Waals surface area contributed by atoms with Gasteiger partial charge in [0, 0.05) is 11.6 Å². The molecule has 0 N–H and O–H groups in total. The van der Waals surface area contributed by atoms with Crippen LogP contribution in [-0.4, -0.2) is 31.2 Å². The molecule has 8 heteroatoms. The molecule has 0 atom stereocenters. The second kappa shape index (κ2) is 7.30. The zero-order valence-corrected chi connectivity index (χ0v) is 14.3. The van der Waals surface area contributed by atoms with Gasteiger partial charge in [-0.3, -0.25) is 10.1 Å². The molecule has 1 heterocycles. The van der Waals surface area contributed by atoms with Crippen molar-refractivity contribution in [2.75, 3.05) is 20.3 Å². The van der Waals surface area contributed by atoms with E-state index in [0.29, 0.717) is 24.5 Å². The summed E-state index contributed by atoms with van der Waals surface area (Å²) in [5, 5.41) is 11.3. The Hall–Kier alpha value is -3.29. The number of methoxy groups -OCH3 is 1. The molecule has 0 spiro atoms. The Kier molecular flexibility index (Phi) is 4.92. The number of rotatable bonds is 5. The van der Waals surface area contributed by atoms with E-state index in [-0.39, 0.29) is 23.7 Å². The lowest BCUT2D eigenvalue weighted by atomic mass is 10.1. The topological polar surface area (TPSA) is 97.1 Å². The van der Waals surface area contributed by atoms with E-state index in [1.54, 1.807) is 6.07 Å². The van der Waals surface area contributed by atoms with Gasteiger partial charge in [-0.25, -0.2) is 4.79 Å². The molecule has 1 aliphatic heterocycles. The van der Waals surface area contributed by atoms with Crippen molar-refractivity contribution in [3.8, 4) is 17.2 Å². The summed E-state index contributed by atoms with van der Waals surface area (Å²) in [6, 6.07) is 7.92. The summed E-state index contributed by atoms with van der Waals surface area (Å²) in [6.45, 7) is 2.42. The van der Waals surface area contributed by atoms with Crippen LogP contribution in [0.3, 0.4) is 0 Å². The number of hydrogen-bond donors (Lipinski definition) is 0. The molecule has 0 amide bonds. The lowest BCUT2D eigenvalue weighted by Gasteiger charge is -2.18. The number of carbonyl (C=O) groups is 1. The summed E-state index contributed by atoms with van der Waals surface area (Å²) in [4.78, 5) is 23.1. The van der Waals surface area contributed by atoms with Crippen LogP contribution in [-0.2, 0) is 11.3 Å². The number of nitrogens with zero attached hydrogens (tertiary/aromatic N) is 1. The number of benzene rings is 2. The lowest BCUT2D eigenvalue weighted by Crippen LogP contribution is -2.17. The summed E-state index contributed by atoms with van der Waals surface area (Å²) < 4.78 is 21.2. The van der Waals surface area contributed by atoms with E-state index in [1.807, 2.05) is 19.1 Å². The van der Waals surface area contributed by atoms with Crippen molar-refractivity contribution in [1.29, 1.82) is 0 Å². The molecule has 2 aromatic rings. The fourth-order valence-electron chi connectivity index (χ4n) is 2.63. The predicted octanol–water partition coefficient (Wildman–Crippen LogP) is 3.04. The van der Waals surface area contributed by atoms with Gasteiger partial charge < -0.3 is 18.9 Å². The summed E-state index contributed by atoms with van der Waals surface area (Å²) >= 11 is 0. The lowest BCUT2D eigenvalue weighted by molar-refractivity contribution is -0.385. The highest BCUT2D eigenvalue weighted by atomic mass is 16.6. The van der Waals surface area contributed by atoms with Crippen molar-refractivity contribution in [3.63, 3.8) is 0 Å². The first-order valence-electron chi connectivity index (χ1n) is 7.88. The van der Waals surface area contributed by atoms with E-state index >= 15 is 0 Å². The van der Waals surface area contributed by atoms with Crippen molar-refractivity contribution in [3.05, 3.63) is 57.1 Å². The third-order valence-corrected chi connectivity index (χ3v) is 3.87. The molecule has 136 valence electrons. The summed E-state index contributed by atoms with van der Waals surface area (Å²) in [5.74, 6) is 0.263. The Bertz CT molecular complexity index is 863. The molecule has 0 bridgehead atoms. The van der Waals surface area contributed by atoms with Gasteiger partial charge in [0.1, 0.15) is 31.1 Å². The third kappa shape index (κ3) is 3.53. The average Bonchev–Trinajstić information content (AvgIpc) is 2.65. The molecule has 0 unspecified atom stereocenters. The Morgan fingerprint density at radius 1 is 1.19 bits per heavy atom. The molecule has 0 saturated heterocycles. The minimum Gasteiger partial charge on any atom is -0.496 e. The second-order valence-electron chi connectivity index (χ2n) is 5.66. The minimum absolute atomic E-state index is 0.0741. The number of nitro benzene ring substituents is 1. The Balaban J connectivity index is 1.86. The number of nitro groups is 1. The normalized spacial score (nSPS) is 12.4. The smallest absolute Gasteiger partial charge is 0.345 e. The van der Waals surface area contributed by atoms with E-state index in [4.69, 9.17) is 18.9 Å². The minimum atomic E-state index is -0.822. The number of ether oxygens (including phenoxy) is 4. The molecule has 0 aromatic heterocycles. The molecule has 0 radical (unpaired) electrons. The van der Waals surface area contributed by atoms with Crippen molar-refractivity contribution < 1.29 is 28.7 Å². The number of carbonyl (C=O) groups excluding carboxylic acids is 1. The van der Waals surface area contributed by atoms with Crippen LogP contribution in [0.15, 0.2) is 30.3 Å². The van der Waals surface area contributed by atoms with Gasteiger partial charge in [-0.1, -0.05) is 11.6 Å². The number of hydrogen-bond acceptors (Lipinski definition) is 7. The van der Waals surface area contributed by atoms with Crippen LogP contribution < -0.4 is 14.2 Å². The van der Waals surface area contributed by atoms with Gasteiger partial charge >= 0.3 is 5.97 Å². The number of aryl methyl sites for hydroxylation is 1. The predicted molar refractivity (Wildman–Crippen MR) is 90.9 cm³/mol. The van der Waals surface area contributed by atoms with Gasteiger partial charge in [0.05, 0.1) is 18.1 Å². The highest BCUT2D eigenvalue weighted by molar-refractivity contribution is 5.95. The maximum Gasteiger partial charge on any atom is 0.345 e. The van der Waals surface area contributed by atoms with Crippen LogP contribution in [0.25, 0.3) is 0 Å². The molecule has 0 aliphatic carbocycles. The second-order valence-corrected chi connectivity index (χ2v) is 5.66. The first kappa shape index (κ1) is 17.5. The van der Waals surface area contributed by atoms with Crippen molar-refractivity contribution >= 4 is 11.7 Å². The molecule has 2 aromatic carbocycles. The van der Waals surface area contributed by atoms with E-state index in [1.165, 1.54) is 19.2 Å². The highest BCUT2D eigenvalue weighted by Gasteiger charge is 2.27. The SMILES string of the molecule is COc1ccc(C)cc1COC(=O)c1cc2c(cc1[N+](=O)[O-])OCCO2. The Morgan fingerprint density at radius 2 is 1.88 bits per heavy atom. The van der Waals surface area contributed by atoms with Crippen molar-refractivity contribution in [1.82, 2.24) is 0 Å². The summed E-state index contributed by atoms with van der Waals surface area (Å²) in [7, 11) is 1.52. The first-order chi connectivity index (χ1) is 12.5. The Labute approximate surface area is 149 Å². The maximum atomic E-state index is 12.4. The van der Waals surface area contributed by atoms with Crippen LogP contribution in [0.5, 0.6) is 17.2 Å².